The van der Waals surface area contributed by atoms with Crippen LogP contribution in [0.5, 0.6) is 11.6 Å². The molecule has 0 spiro atoms. The molecule has 0 saturated heterocycles. The zero-order valence-electron chi connectivity index (χ0n) is 17.2. The van der Waals surface area contributed by atoms with E-state index in [4.69, 9.17) is 30.7 Å². The number of aromatic nitrogens is 3. The molecule has 3 rings (SSSR count). The van der Waals surface area contributed by atoms with E-state index in [1.807, 2.05) is 39.8 Å². The van der Waals surface area contributed by atoms with E-state index in [9.17, 15) is 5.11 Å². The van der Waals surface area contributed by atoms with Crippen molar-refractivity contribution in [3.63, 3.8) is 0 Å². The topological polar surface area (TPSA) is 111 Å². The van der Waals surface area contributed by atoms with Gasteiger partial charge < -0.3 is 24.2 Å². The summed E-state index contributed by atoms with van der Waals surface area (Å²) in [6, 6.07) is 7.07. The molecule has 0 saturated carbocycles. The van der Waals surface area contributed by atoms with Crippen molar-refractivity contribution in [2.75, 3.05) is 13.2 Å². The summed E-state index contributed by atoms with van der Waals surface area (Å²) in [4.78, 5) is 8.62. The third kappa shape index (κ3) is 5.27. The Morgan fingerprint density at radius 2 is 1.77 bits per heavy atom. The van der Waals surface area contributed by atoms with E-state index < -0.39 is 6.10 Å². The number of pyridine rings is 1. The molecular formula is C21H24ClN3O5. The standard InChI is InChI=1S/C21H24ClN3O5/c1-11(2)29-18-8-15(7-17(22)23-18)21-24-20(25-30-21)14-5-12(3)19(13(4)6-14)28-10-16(27)9-26/h5-8,11,16,26-27H,9-10H2,1-4H3. The Morgan fingerprint density at radius 3 is 2.40 bits per heavy atom. The molecule has 1 unspecified atom stereocenters. The largest absolute Gasteiger partial charge is 0.490 e. The van der Waals surface area contributed by atoms with Crippen molar-refractivity contribution >= 4 is 11.6 Å². The van der Waals surface area contributed by atoms with Crippen LogP contribution in [0.3, 0.4) is 0 Å². The molecule has 30 heavy (non-hydrogen) atoms. The molecule has 8 nitrogen and oxygen atoms in total. The van der Waals surface area contributed by atoms with E-state index in [1.165, 1.54) is 0 Å². The Bertz CT molecular complexity index is 999. The maximum Gasteiger partial charge on any atom is 0.258 e. The van der Waals surface area contributed by atoms with Gasteiger partial charge in [-0.1, -0.05) is 16.8 Å². The normalized spacial score (nSPS) is 12.3. The van der Waals surface area contributed by atoms with Crippen LogP contribution in [-0.2, 0) is 0 Å². The lowest BCUT2D eigenvalue weighted by atomic mass is 10.1. The molecular weight excluding hydrogens is 410 g/mol. The van der Waals surface area contributed by atoms with Crippen molar-refractivity contribution < 1.29 is 24.2 Å². The molecule has 0 amide bonds. The van der Waals surface area contributed by atoms with Crippen LogP contribution in [0.2, 0.25) is 5.15 Å². The molecule has 0 aliphatic rings. The van der Waals surface area contributed by atoms with Gasteiger partial charge in [-0.25, -0.2) is 4.98 Å². The molecule has 0 bridgehead atoms. The highest BCUT2D eigenvalue weighted by atomic mass is 35.5. The van der Waals surface area contributed by atoms with Crippen molar-refractivity contribution in [2.24, 2.45) is 0 Å². The zero-order valence-corrected chi connectivity index (χ0v) is 18.0. The van der Waals surface area contributed by atoms with Gasteiger partial charge in [-0.2, -0.15) is 4.98 Å². The number of nitrogens with zero attached hydrogens (tertiary/aromatic N) is 3. The molecule has 1 atom stereocenters. The van der Waals surface area contributed by atoms with Gasteiger partial charge in [0.05, 0.1) is 12.7 Å². The Hall–Kier alpha value is -2.68. The lowest BCUT2D eigenvalue weighted by Gasteiger charge is -2.15. The summed E-state index contributed by atoms with van der Waals surface area (Å²) in [5, 5.41) is 22.8. The first-order valence-corrected chi connectivity index (χ1v) is 9.86. The van der Waals surface area contributed by atoms with Gasteiger partial charge in [0.1, 0.15) is 23.6 Å². The van der Waals surface area contributed by atoms with Crippen LogP contribution < -0.4 is 9.47 Å². The Morgan fingerprint density at radius 1 is 1.07 bits per heavy atom. The summed E-state index contributed by atoms with van der Waals surface area (Å²) >= 11 is 6.10. The van der Waals surface area contributed by atoms with Crippen molar-refractivity contribution in [2.45, 2.75) is 39.9 Å². The van der Waals surface area contributed by atoms with Crippen LogP contribution >= 0.6 is 11.6 Å². The monoisotopic (exact) mass is 433 g/mol. The van der Waals surface area contributed by atoms with E-state index in [-0.39, 0.29) is 24.5 Å². The van der Waals surface area contributed by atoms with E-state index in [0.29, 0.717) is 28.9 Å². The number of hydrogen-bond acceptors (Lipinski definition) is 8. The van der Waals surface area contributed by atoms with E-state index >= 15 is 0 Å². The minimum Gasteiger partial charge on any atom is -0.490 e. The summed E-state index contributed by atoms with van der Waals surface area (Å²) in [5.41, 5.74) is 3.06. The molecule has 2 heterocycles. The number of ether oxygens (including phenoxy) is 2. The van der Waals surface area contributed by atoms with Crippen molar-refractivity contribution in [3.05, 3.63) is 40.5 Å². The molecule has 160 valence electrons. The predicted molar refractivity (Wildman–Crippen MR) is 112 cm³/mol. The summed E-state index contributed by atoms with van der Waals surface area (Å²) in [6.07, 6.45) is -0.979. The molecule has 2 aromatic heterocycles. The highest BCUT2D eigenvalue weighted by Gasteiger charge is 2.16. The lowest BCUT2D eigenvalue weighted by Crippen LogP contribution is -2.21. The fourth-order valence-corrected chi connectivity index (χ4v) is 3.10. The van der Waals surface area contributed by atoms with Crippen LogP contribution in [0.1, 0.15) is 25.0 Å². The molecule has 0 radical (unpaired) electrons. The number of aliphatic hydroxyl groups excluding tert-OH is 2. The minimum atomic E-state index is -0.931. The van der Waals surface area contributed by atoms with E-state index in [2.05, 4.69) is 15.1 Å². The van der Waals surface area contributed by atoms with Gasteiger partial charge in [0.15, 0.2) is 0 Å². The second-order valence-electron chi connectivity index (χ2n) is 7.19. The fourth-order valence-electron chi connectivity index (χ4n) is 2.90. The first kappa shape index (κ1) is 22.0. The average molecular weight is 434 g/mol. The molecule has 3 aromatic rings. The summed E-state index contributed by atoms with van der Waals surface area (Å²) in [7, 11) is 0. The second kappa shape index (κ2) is 9.42. The van der Waals surface area contributed by atoms with E-state index in [0.717, 1.165) is 16.7 Å². The Kier molecular flexibility index (Phi) is 6.91. The van der Waals surface area contributed by atoms with Gasteiger partial charge in [-0.3, -0.25) is 0 Å². The van der Waals surface area contributed by atoms with Crippen LogP contribution in [0.25, 0.3) is 22.8 Å². The summed E-state index contributed by atoms with van der Waals surface area (Å²) in [6.45, 7) is 7.22. The van der Waals surface area contributed by atoms with Crippen molar-refractivity contribution in [3.8, 4) is 34.5 Å². The SMILES string of the molecule is Cc1cc(-c2noc(-c3cc(Cl)nc(OC(C)C)c3)n2)cc(C)c1OCC(O)CO. The van der Waals surface area contributed by atoms with Crippen LogP contribution in [0, 0.1) is 13.8 Å². The quantitative estimate of drug-likeness (QED) is 0.518. The number of halogens is 1. The molecule has 9 heteroatoms. The van der Waals surface area contributed by atoms with Gasteiger partial charge in [0.25, 0.3) is 5.89 Å². The van der Waals surface area contributed by atoms with Crippen molar-refractivity contribution in [1.82, 2.24) is 15.1 Å². The van der Waals surface area contributed by atoms with Gasteiger partial charge in [-0.05, 0) is 57.0 Å². The third-order valence-corrected chi connectivity index (χ3v) is 4.34. The molecule has 0 aliphatic heterocycles. The van der Waals surface area contributed by atoms with Gasteiger partial charge in [0, 0.05) is 17.2 Å². The number of aliphatic hydroxyl groups is 2. The van der Waals surface area contributed by atoms with E-state index in [1.54, 1.807) is 12.1 Å². The second-order valence-corrected chi connectivity index (χ2v) is 7.58. The maximum atomic E-state index is 9.50. The van der Waals surface area contributed by atoms with Gasteiger partial charge in [0.2, 0.25) is 11.7 Å². The van der Waals surface area contributed by atoms with Crippen LogP contribution in [0.15, 0.2) is 28.8 Å². The zero-order chi connectivity index (χ0) is 21.8. The average Bonchev–Trinajstić information content (AvgIpc) is 3.16. The van der Waals surface area contributed by atoms with Crippen LogP contribution in [-0.4, -0.2) is 50.8 Å². The Labute approximate surface area is 179 Å². The van der Waals surface area contributed by atoms with Crippen molar-refractivity contribution in [1.29, 1.82) is 0 Å². The Balaban J connectivity index is 1.87. The highest BCUT2D eigenvalue weighted by molar-refractivity contribution is 6.29. The number of aryl methyl sites for hydroxylation is 2. The number of rotatable bonds is 8. The molecule has 0 aliphatic carbocycles. The van der Waals surface area contributed by atoms with Gasteiger partial charge in [-0.15, -0.1) is 0 Å². The van der Waals surface area contributed by atoms with Gasteiger partial charge >= 0.3 is 0 Å². The summed E-state index contributed by atoms with van der Waals surface area (Å²) in [5.74, 6) is 1.74. The molecule has 2 N–H and O–H groups in total. The lowest BCUT2D eigenvalue weighted by molar-refractivity contribution is 0.0532. The molecule has 1 aromatic carbocycles. The molecule has 0 fully saturated rings. The first-order chi connectivity index (χ1) is 14.3. The number of hydrogen-bond donors (Lipinski definition) is 2. The van der Waals surface area contributed by atoms with Crippen LogP contribution in [0.4, 0.5) is 0 Å². The maximum absolute atomic E-state index is 9.50. The first-order valence-electron chi connectivity index (χ1n) is 9.48. The summed E-state index contributed by atoms with van der Waals surface area (Å²) < 4.78 is 16.7. The minimum absolute atomic E-state index is 0.00741. The highest BCUT2D eigenvalue weighted by Crippen LogP contribution is 2.31. The fraction of sp³-hybridized carbons (Fsp3) is 0.381. The number of benzene rings is 1. The predicted octanol–water partition coefficient (Wildman–Crippen LogP) is 3.59. The smallest absolute Gasteiger partial charge is 0.258 e. The third-order valence-electron chi connectivity index (χ3n) is 4.15.